The summed E-state index contributed by atoms with van der Waals surface area (Å²) in [6.07, 6.45) is 5.15. The Bertz CT molecular complexity index is 1310. The highest BCUT2D eigenvalue weighted by Gasteiger charge is 2.22. The molecule has 1 atom stereocenters. The van der Waals surface area contributed by atoms with Crippen LogP contribution in [-0.2, 0) is 0 Å². The van der Waals surface area contributed by atoms with Crippen molar-refractivity contribution in [2.24, 2.45) is 0 Å². The molecular formula is C25H20N4O2. The van der Waals surface area contributed by atoms with Crippen molar-refractivity contribution in [1.29, 1.82) is 0 Å². The molecule has 0 bridgehead atoms. The van der Waals surface area contributed by atoms with Crippen molar-refractivity contribution in [3.63, 3.8) is 0 Å². The first-order chi connectivity index (χ1) is 15.2. The number of nitrogens with one attached hydrogen (secondary N) is 1. The van der Waals surface area contributed by atoms with Crippen LogP contribution in [0.2, 0.25) is 0 Å². The Morgan fingerprint density at radius 3 is 2.61 bits per heavy atom. The molecule has 0 radical (unpaired) electrons. The number of nitrogens with zero attached hydrogens (tertiary/aromatic N) is 3. The van der Waals surface area contributed by atoms with E-state index in [0.29, 0.717) is 17.0 Å². The van der Waals surface area contributed by atoms with Crippen LogP contribution in [0.4, 0.5) is 0 Å². The quantitative estimate of drug-likeness (QED) is 0.435. The number of amides is 1. The molecule has 3 heterocycles. The zero-order valence-electron chi connectivity index (χ0n) is 16.9. The third-order valence-electron chi connectivity index (χ3n) is 5.13. The highest BCUT2D eigenvalue weighted by Crippen LogP contribution is 2.26. The molecule has 5 rings (SSSR count). The van der Waals surface area contributed by atoms with Crippen molar-refractivity contribution in [2.75, 3.05) is 0 Å². The summed E-state index contributed by atoms with van der Waals surface area (Å²) >= 11 is 0. The standard InChI is InChI=1S/C25H20N4O2/c1-17(23-14-18-8-5-6-12-22(18)31-23)27-25(30)21-16-29(20-10-3-2-4-11-20)28-24(21)19-9-7-13-26-15-19/h2-17H,1H3,(H,27,30)/t17-/m1/s1. The Morgan fingerprint density at radius 1 is 1.03 bits per heavy atom. The van der Waals surface area contributed by atoms with Crippen molar-refractivity contribution in [3.8, 4) is 16.9 Å². The van der Waals surface area contributed by atoms with E-state index >= 15 is 0 Å². The van der Waals surface area contributed by atoms with Crippen molar-refractivity contribution in [1.82, 2.24) is 20.1 Å². The second-order valence-electron chi connectivity index (χ2n) is 7.29. The summed E-state index contributed by atoms with van der Waals surface area (Å²) in [7, 11) is 0. The Balaban J connectivity index is 1.49. The van der Waals surface area contributed by atoms with E-state index in [9.17, 15) is 4.79 Å². The van der Waals surface area contributed by atoms with Crippen LogP contribution in [0, 0.1) is 0 Å². The number of hydrogen-bond acceptors (Lipinski definition) is 4. The van der Waals surface area contributed by atoms with Gasteiger partial charge in [-0.3, -0.25) is 9.78 Å². The molecule has 0 saturated heterocycles. The number of benzene rings is 2. The maximum absolute atomic E-state index is 13.3. The lowest BCUT2D eigenvalue weighted by Gasteiger charge is -2.11. The first-order valence-corrected chi connectivity index (χ1v) is 10.0. The fourth-order valence-corrected chi connectivity index (χ4v) is 3.53. The smallest absolute Gasteiger partial charge is 0.255 e. The number of hydrogen-bond donors (Lipinski definition) is 1. The lowest BCUT2D eigenvalue weighted by atomic mass is 10.1. The van der Waals surface area contributed by atoms with E-state index in [1.54, 1.807) is 23.3 Å². The van der Waals surface area contributed by atoms with Gasteiger partial charge in [0.2, 0.25) is 0 Å². The second kappa shape index (κ2) is 7.91. The van der Waals surface area contributed by atoms with Crippen LogP contribution in [0.1, 0.15) is 29.1 Å². The number of para-hydroxylation sites is 2. The van der Waals surface area contributed by atoms with Gasteiger partial charge in [0.05, 0.1) is 17.3 Å². The third-order valence-corrected chi connectivity index (χ3v) is 5.13. The third kappa shape index (κ3) is 3.71. The largest absolute Gasteiger partial charge is 0.459 e. The van der Waals surface area contributed by atoms with E-state index in [0.717, 1.165) is 22.2 Å². The molecule has 1 N–H and O–H groups in total. The summed E-state index contributed by atoms with van der Waals surface area (Å²) in [4.78, 5) is 17.4. The van der Waals surface area contributed by atoms with Gasteiger partial charge in [0.1, 0.15) is 17.0 Å². The summed E-state index contributed by atoms with van der Waals surface area (Å²) in [5.74, 6) is 0.474. The minimum atomic E-state index is -0.304. The molecule has 0 fully saturated rings. The number of aromatic nitrogens is 3. The molecule has 3 aromatic heterocycles. The van der Waals surface area contributed by atoms with E-state index in [2.05, 4.69) is 15.4 Å². The number of fused-ring (bicyclic) bond motifs is 1. The number of furan rings is 1. The molecule has 152 valence electrons. The number of carbonyl (C=O) groups is 1. The van der Waals surface area contributed by atoms with Crippen molar-refractivity contribution < 1.29 is 9.21 Å². The molecule has 0 aliphatic carbocycles. The van der Waals surface area contributed by atoms with Gasteiger partial charge in [0, 0.05) is 29.5 Å². The summed E-state index contributed by atoms with van der Waals surface area (Å²) in [6, 6.07) is 22.9. The minimum absolute atomic E-state index is 0.228. The highest BCUT2D eigenvalue weighted by molar-refractivity contribution is 6.00. The van der Waals surface area contributed by atoms with E-state index in [1.165, 1.54) is 0 Å². The number of pyridine rings is 1. The van der Waals surface area contributed by atoms with Crippen LogP contribution in [0.5, 0.6) is 0 Å². The van der Waals surface area contributed by atoms with Gasteiger partial charge in [-0.25, -0.2) is 4.68 Å². The second-order valence-corrected chi connectivity index (χ2v) is 7.29. The van der Waals surface area contributed by atoms with Gasteiger partial charge < -0.3 is 9.73 Å². The Hall–Kier alpha value is -4.19. The van der Waals surface area contributed by atoms with E-state index in [-0.39, 0.29) is 11.9 Å². The van der Waals surface area contributed by atoms with Crippen LogP contribution < -0.4 is 5.32 Å². The molecule has 5 aromatic rings. The molecule has 0 spiro atoms. The predicted molar refractivity (Wildman–Crippen MR) is 119 cm³/mol. The lowest BCUT2D eigenvalue weighted by Crippen LogP contribution is -2.26. The van der Waals surface area contributed by atoms with Gasteiger partial charge in [0.15, 0.2) is 0 Å². The lowest BCUT2D eigenvalue weighted by molar-refractivity contribution is 0.0936. The molecule has 6 heteroatoms. The topological polar surface area (TPSA) is 73.0 Å². The summed E-state index contributed by atoms with van der Waals surface area (Å²) in [5.41, 5.74) is 3.49. The Kier molecular flexibility index (Phi) is 4.80. The molecule has 0 aliphatic heterocycles. The fourth-order valence-electron chi connectivity index (χ4n) is 3.53. The molecule has 6 nitrogen and oxygen atoms in total. The summed E-state index contributed by atoms with van der Waals surface area (Å²) in [6.45, 7) is 1.90. The average molecular weight is 408 g/mol. The van der Waals surface area contributed by atoms with E-state index in [4.69, 9.17) is 4.42 Å². The van der Waals surface area contributed by atoms with Crippen LogP contribution in [-0.4, -0.2) is 20.7 Å². The maximum atomic E-state index is 13.3. The van der Waals surface area contributed by atoms with Crippen molar-refractivity contribution >= 4 is 16.9 Å². The Labute approximate surface area is 179 Å². The molecule has 31 heavy (non-hydrogen) atoms. The van der Waals surface area contributed by atoms with Crippen molar-refractivity contribution in [3.05, 3.63) is 103 Å². The molecule has 0 unspecified atom stereocenters. The van der Waals surface area contributed by atoms with Crippen LogP contribution in [0.3, 0.4) is 0 Å². The van der Waals surface area contributed by atoms with E-state index < -0.39 is 0 Å². The number of carbonyl (C=O) groups excluding carboxylic acids is 1. The van der Waals surface area contributed by atoms with Gasteiger partial charge in [-0.2, -0.15) is 5.10 Å². The summed E-state index contributed by atoms with van der Waals surface area (Å²) < 4.78 is 7.62. The van der Waals surface area contributed by atoms with Gasteiger partial charge in [-0.05, 0) is 43.3 Å². The fraction of sp³-hybridized carbons (Fsp3) is 0.0800. The maximum Gasteiger partial charge on any atom is 0.255 e. The zero-order valence-corrected chi connectivity index (χ0v) is 16.9. The molecule has 0 saturated carbocycles. The molecule has 2 aromatic carbocycles. The molecule has 1 amide bonds. The molecular weight excluding hydrogens is 388 g/mol. The Morgan fingerprint density at radius 2 is 1.84 bits per heavy atom. The zero-order chi connectivity index (χ0) is 21.2. The van der Waals surface area contributed by atoms with E-state index in [1.807, 2.05) is 79.7 Å². The minimum Gasteiger partial charge on any atom is -0.459 e. The first-order valence-electron chi connectivity index (χ1n) is 10.0. The average Bonchev–Trinajstić information content (AvgIpc) is 3.45. The SMILES string of the molecule is C[C@@H](NC(=O)c1cn(-c2ccccc2)nc1-c1cccnc1)c1cc2ccccc2o1. The van der Waals surface area contributed by atoms with Crippen LogP contribution in [0.25, 0.3) is 27.9 Å². The van der Waals surface area contributed by atoms with Crippen molar-refractivity contribution in [2.45, 2.75) is 13.0 Å². The highest BCUT2D eigenvalue weighted by atomic mass is 16.3. The first kappa shape index (κ1) is 18.8. The summed E-state index contributed by atoms with van der Waals surface area (Å²) in [5, 5.41) is 8.73. The van der Waals surface area contributed by atoms with Gasteiger partial charge >= 0.3 is 0 Å². The van der Waals surface area contributed by atoms with Crippen LogP contribution in [0.15, 0.2) is 95.8 Å². The predicted octanol–water partition coefficient (Wildman–Crippen LogP) is 5.17. The number of rotatable bonds is 5. The van der Waals surface area contributed by atoms with Gasteiger partial charge in [-0.1, -0.05) is 36.4 Å². The van der Waals surface area contributed by atoms with Gasteiger partial charge in [-0.15, -0.1) is 0 Å². The monoisotopic (exact) mass is 408 g/mol. The normalized spacial score (nSPS) is 12.0. The van der Waals surface area contributed by atoms with Crippen LogP contribution >= 0.6 is 0 Å². The van der Waals surface area contributed by atoms with Gasteiger partial charge in [0.25, 0.3) is 5.91 Å². The molecule has 0 aliphatic rings.